The van der Waals surface area contributed by atoms with Gasteiger partial charge in [-0.15, -0.1) is 0 Å². The number of carbonyl (C=O) groups excluding carboxylic acids is 2. The van der Waals surface area contributed by atoms with Gasteiger partial charge in [-0.2, -0.15) is 0 Å². The second kappa shape index (κ2) is 7.06. The fourth-order valence-electron chi connectivity index (χ4n) is 2.14. The van der Waals surface area contributed by atoms with Crippen LogP contribution in [0.3, 0.4) is 0 Å². The third-order valence-corrected chi connectivity index (χ3v) is 4.10. The first-order valence-corrected chi connectivity index (χ1v) is 8.14. The summed E-state index contributed by atoms with van der Waals surface area (Å²) >= 11 is 1.36. The number of amides is 2. The molecule has 0 saturated heterocycles. The van der Waals surface area contributed by atoms with E-state index in [0.717, 1.165) is 15.8 Å². The molecular weight excluding hydrogens is 322 g/mol. The van der Waals surface area contributed by atoms with Gasteiger partial charge >= 0.3 is 0 Å². The molecule has 2 N–H and O–H groups in total. The van der Waals surface area contributed by atoms with Gasteiger partial charge in [0.1, 0.15) is 0 Å². The summed E-state index contributed by atoms with van der Waals surface area (Å²) in [5.74, 6) is -0.363. The second-order valence-corrected chi connectivity index (χ2v) is 6.15. The first kappa shape index (κ1) is 15.9. The van der Waals surface area contributed by atoms with Crippen LogP contribution in [0.5, 0.6) is 0 Å². The number of thiazole rings is 1. The Morgan fingerprint density at radius 1 is 1.08 bits per heavy atom. The molecule has 0 aliphatic heterocycles. The zero-order valence-electron chi connectivity index (χ0n) is 12.9. The van der Waals surface area contributed by atoms with Crippen LogP contribution in [0.15, 0.2) is 54.6 Å². The summed E-state index contributed by atoms with van der Waals surface area (Å²) < 4.78 is 0.892. The van der Waals surface area contributed by atoms with Crippen LogP contribution in [0.1, 0.15) is 12.5 Å². The molecule has 1 aromatic heterocycles. The van der Waals surface area contributed by atoms with Gasteiger partial charge in [-0.25, -0.2) is 4.98 Å². The normalized spacial score (nSPS) is 10.9. The van der Waals surface area contributed by atoms with Gasteiger partial charge in [-0.3, -0.25) is 14.9 Å². The van der Waals surface area contributed by atoms with E-state index in [1.54, 1.807) is 12.1 Å². The van der Waals surface area contributed by atoms with Crippen LogP contribution in [0.25, 0.3) is 16.3 Å². The molecule has 6 heteroatoms. The maximum absolute atomic E-state index is 12.0. The van der Waals surface area contributed by atoms with Gasteiger partial charge in [0, 0.05) is 18.7 Å². The Labute approximate surface area is 143 Å². The van der Waals surface area contributed by atoms with Crippen molar-refractivity contribution in [2.75, 3.05) is 10.6 Å². The van der Waals surface area contributed by atoms with Crippen LogP contribution >= 0.6 is 11.3 Å². The number of nitrogens with one attached hydrogen (secondary N) is 2. The first-order valence-electron chi connectivity index (χ1n) is 7.32. The van der Waals surface area contributed by atoms with Crippen LogP contribution in [0.4, 0.5) is 10.8 Å². The van der Waals surface area contributed by atoms with E-state index in [4.69, 9.17) is 0 Å². The minimum absolute atomic E-state index is 0.126. The Hall–Kier alpha value is -2.99. The van der Waals surface area contributed by atoms with E-state index in [2.05, 4.69) is 15.6 Å². The Morgan fingerprint density at radius 2 is 1.88 bits per heavy atom. The Kier molecular flexibility index (Phi) is 4.67. The van der Waals surface area contributed by atoms with E-state index in [0.29, 0.717) is 10.8 Å². The predicted molar refractivity (Wildman–Crippen MR) is 98.0 cm³/mol. The van der Waals surface area contributed by atoms with Gasteiger partial charge in [0.05, 0.1) is 10.2 Å². The summed E-state index contributed by atoms with van der Waals surface area (Å²) in [6.45, 7) is 1.46. The van der Waals surface area contributed by atoms with Crippen molar-refractivity contribution in [2.45, 2.75) is 6.92 Å². The second-order valence-electron chi connectivity index (χ2n) is 5.12. The minimum atomic E-state index is -0.236. The lowest BCUT2D eigenvalue weighted by Crippen LogP contribution is -2.07. The molecule has 0 fully saturated rings. The fourth-order valence-corrected chi connectivity index (χ4v) is 3.05. The Bertz CT molecular complexity index is 916. The summed E-state index contributed by atoms with van der Waals surface area (Å²) in [7, 11) is 0. The topological polar surface area (TPSA) is 71.1 Å². The summed E-state index contributed by atoms with van der Waals surface area (Å²) in [6.07, 6.45) is 3.22. The first-order chi connectivity index (χ1) is 11.6. The van der Waals surface area contributed by atoms with Crippen LogP contribution in [0, 0.1) is 0 Å². The van der Waals surface area contributed by atoms with E-state index in [-0.39, 0.29) is 11.8 Å². The van der Waals surface area contributed by atoms with E-state index in [9.17, 15) is 9.59 Å². The smallest absolute Gasteiger partial charge is 0.250 e. The Morgan fingerprint density at radius 3 is 2.62 bits per heavy atom. The van der Waals surface area contributed by atoms with Crippen LogP contribution in [0.2, 0.25) is 0 Å². The lowest BCUT2D eigenvalue weighted by molar-refractivity contribution is -0.114. The molecule has 2 amide bonds. The monoisotopic (exact) mass is 337 g/mol. The van der Waals surface area contributed by atoms with E-state index in [1.807, 2.05) is 42.5 Å². The fraction of sp³-hybridized carbons (Fsp3) is 0.0556. The third kappa shape index (κ3) is 4.05. The molecule has 0 spiro atoms. The van der Waals surface area contributed by atoms with Gasteiger partial charge in [0.25, 0.3) is 0 Å². The van der Waals surface area contributed by atoms with Crippen molar-refractivity contribution in [3.63, 3.8) is 0 Å². The lowest BCUT2D eigenvalue weighted by atomic mass is 10.2. The van der Waals surface area contributed by atoms with Crippen LogP contribution in [-0.2, 0) is 9.59 Å². The quantitative estimate of drug-likeness (QED) is 0.709. The molecule has 0 radical (unpaired) electrons. The third-order valence-electron chi connectivity index (χ3n) is 3.17. The maximum atomic E-state index is 12.0. The van der Waals surface area contributed by atoms with Gasteiger partial charge in [-0.05, 0) is 29.8 Å². The molecule has 24 heavy (non-hydrogen) atoms. The standard InChI is InChI=1S/C18H15N3O2S/c1-12(22)19-14-8-9-15-16(11-14)24-18(20-15)21-17(23)10-7-13-5-3-2-4-6-13/h2-11H,1H3,(H,19,22)(H,20,21,23). The number of benzene rings is 2. The number of fused-ring (bicyclic) bond motifs is 1. The molecule has 0 aliphatic carbocycles. The van der Waals surface area contributed by atoms with Gasteiger partial charge in [-0.1, -0.05) is 41.7 Å². The number of aromatic nitrogens is 1. The molecule has 0 saturated carbocycles. The highest BCUT2D eigenvalue weighted by atomic mass is 32.1. The van der Waals surface area contributed by atoms with Crippen molar-refractivity contribution < 1.29 is 9.59 Å². The molecule has 0 bridgehead atoms. The van der Waals surface area contributed by atoms with Crippen molar-refractivity contribution in [3.8, 4) is 0 Å². The van der Waals surface area contributed by atoms with E-state index in [1.165, 1.54) is 24.3 Å². The molecule has 0 atom stereocenters. The number of hydrogen-bond donors (Lipinski definition) is 2. The highest BCUT2D eigenvalue weighted by Crippen LogP contribution is 2.28. The van der Waals surface area contributed by atoms with Gasteiger partial charge < -0.3 is 5.32 Å². The average molecular weight is 337 g/mol. The van der Waals surface area contributed by atoms with E-state index >= 15 is 0 Å². The number of anilines is 2. The predicted octanol–water partition coefficient (Wildman–Crippen LogP) is 3.91. The van der Waals surface area contributed by atoms with Gasteiger partial charge in [0.15, 0.2) is 5.13 Å². The summed E-state index contributed by atoms with van der Waals surface area (Å²) in [6, 6.07) is 15.0. The summed E-state index contributed by atoms with van der Waals surface area (Å²) in [4.78, 5) is 27.5. The number of hydrogen-bond acceptors (Lipinski definition) is 4. The molecule has 5 nitrogen and oxygen atoms in total. The Balaban J connectivity index is 1.71. The van der Waals surface area contributed by atoms with Crippen molar-refractivity contribution in [1.82, 2.24) is 4.98 Å². The van der Waals surface area contributed by atoms with Gasteiger partial charge in [0.2, 0.25) is 11.8 Å². The van der Waals surface area contributed by atoms with Crippen molar-refractivity contribution in [3.05, 3.63) is 60.2 Å². The summed E-state index contributed by atoms with van der Waals surface area (Å²) in [5.41, 5.74) is 2.44. The lowest BCUT2D eigenvalue weighted by Gasteiger charge is -1.99. The van der Waals surface area contributed by atoms with Crippen LogP contribution < -0.4 is 10.6 Å². The van der Waals surface area contributed by atoms with Crippen molar-refractivity contribution in [2.24, 2.45) is 0 Å². The highest BCUT2D eigenvalue weighted by molar-refractivity contribution is 7.22. The van der Waals surface area contributed by atoms with Crippen LogP contribution in [-0.4, -0.2) is 16.8 Å². The molecular formula is C18H15N3O2S. The van der Waals surface area contributed by atoms with E-state index < -0.39 is 0 Å². The minimum Gasteiger partial charge on any atom is -0.326 e. The molecule has 1 heterocycles. The molecule has 3 rings (SSSR count). The SMILES string of the molecule is CC(=O)Nc1ccc2nc(NC(=O)C=Cc3ccccc3)sc2c1. The average Bonchev–Trinajstić information content (AvgIpc) is 2.94. The van der Waals surface area contributed by atoms with Crippen molar-refractivity contribution >= 4 is 50.3 Å². The zero-order chi connectivity index (χ0) is 16.9. The molecule has 3 aromatic rings. The van der Waals surface area contributed by atoms with Crippen molar-refractivity contribution in [1.29, 1.82) is 0 Å². The molecule has 0 aliphatic rings. The molecule has 2 aromatic carbocycles. The largest absolute Gasteiger partial charge is 0.326 e. The molecule has 120 valence electrons. The summed E-state index contributed by atoms with van der Waals surface area (Å²) in [5, 5.41) is 6.00. The number of nitrogens with zero attached hydrogens (tertiary/aromatic N) is 1. The molecule has 0 unspecified atom stereocenters. The maximum Gasteiger partial charge on any atom is 0.250 e. The number of carbonyl (C=O) groups is 2. The number of rotatable bonds is 4. The highest BCUT2D eigenvalue weighted by Gasteiger charge is 2.07. The zero-order valence-corrected chi connectivity index (χ0v) is 13.8.